The van der Waals surface area contributed by atoms with Crippen molar-refractivity contribution >= 4 is 21.6 Å². The Morgan fingerprint density at radius 3 is 2.88 bits per heavy atom. The Labute approximate surface area is 106 Å². The Bertz CT molecular complexity index is 350. The first-order valence-electron chi connectivity index (χ1n) is 5.47. The lowest BCUT2D eigenvalue weighted by Crippen LogP contribution is -2.19. The topological polar surface area (TPSA) is 29.3 Å². The molecule has 0 spiro atoms. The molecule has 0 aromatic heterocycles. The van der Waals surface area contributed by atoms with Crippen molar-refractivity contribution in [2.24, 2.45) is 0 Å². The summed E-state index contributed by atoms with van der Waals surface area (Å²) in [6.45, 7) is 5.75. The molecule has 3 heteroatoms. The Morgan fingerprint density at radius 1 is 1.50 bits per heavy atom. The molecule has 0 atom stereocenters. The molecular formula is C13H19BrN2. The molecule has 2 nitrogen and oxygen atoms in total. The maximum absolute atomic E-state index is 5.84. The number of anilines is 1. The number of unbranched alkanes of at least 4 members (excludes halogenated alkanes) is 1. The van der Waals surface area contributed by atoms with Gasteiger partial charge in [-0.15, -0.1) is 6.58 Å². The molecule has 16 heavy (non-hydrogen) atoms. The largest absolute Gasteiger partial charge is 0.398 e. The summed E-state index contributed by atoms with van der Waals surface area (Å²) < 4.78 is 0.963. The molecule has 0 saturated carbocycles. The number of nitrogen functional groups attached to an aromatic ring is 1. The minimum absolute atomic E-state index is 0.803. The summed E-state index contributed by atoms with van der Waals surface area (Å²) in [5.74, 6) is 0. The van der Waals surface area contributed by atoms with Gasteiger partial charge in [0.15, 0.2) is 0 Å². The van der Waals surface area contributed by atoms with E-state index in [1.807, 2.05) is 18.2 Å². The van der Waals surface area contributed by atoms with Crippen LogP contribution in [0.15, 0.2) is 35.3 Å². The number of hydrogen-bond acceptors (Lipinski definition) is 2. The second-order valence-electron chi connectivity index (χ2n) is 4.02. The van der Waals surface area contributed by atoms with Gasteiger partial charge in [0.1, 0.15) is 0 Å². The van der Waals surface area contributed by atoms with Gasteiger partial charge in [0.25, 0.3) is 0 Å². The maximum Gasteiger partial charge on any atom is 0.0461 e. The third-order valence-electron chi connectivity index (χ3n) is 2.46. The van der Waals surface area contributed by atoms with Crippen molar-refractivity contribution in [3.8, 4) is 0 Å². The van der Waals surface area contributed by atoms with Crippen molar-refractivity contribution < 1.29 is 0 Å². The van der Waals surface area contributed by atoms with Crippen LogP contribution in [0.2, 0.25) is 0 Å². The molecule has 0 saturated heterocycles. The zero-order valence-corrected chi connectivity index (χ0v) is 11.3. The molecule has 0 heterocycles. The first-order chi connectivity index (χ1) is 7.63. The fourth-order valence-corrected chi connectivity index (χ4v) is 1.83. The lowest BCUT2D eigenvalue weighted by Gasteiger charge is -2.16. The Hall–Kier alpha value is -0.800. The predicted octanol–water partition coefficient (Wildman–Crippen LogP) is 3.43. The van der Waals surface area contributed by atoms with Crippen LogP contribution >= 0.6 is 15.9 Å². The summed E-state index contributed by atoms with van der Waals surface area (Å²) in [6.07, 6.45) is 4.20. The molecule has 0 bridgehead atoms. The Morgan fingerprint density at radius 2 is 2.25 bits per heavy atom. The smallest absolute Gasteiger partial charge is 0.0461 e. The summed E-state index contributed by atoms with van der Waals surface area (Å²) in [5.41, 5.74) is 7.89. The number of nitrogens with zero attached hydrogens (tertiary/aromatic N) is 1. The molecule has 0 aliphatic heterocycles. The zero-order valence-electron chi connectivity index (χ0n) is 9.75. The van der Waals surface area contributed by atoms with Gasteiger partial charge in [-0.25, -0.2) is 0 Å². The van der Waals surface area contributed by atoms with Crippen molar-refractivity contribution in [2.75, 3.05) is 19.3 Å². The van der Waals surface area contributed by atoms with E-state index in [-0.39, 0.29) is 0 Å². The molecule has 0 radical (unpaired) electrons. The van der Waals surface area contributed by atoms with Crippen molar-refractivity contribution in [1.29, 1.82) is 0 Å². The third kappa shape index (κ3) is 4.37. The van der Waals surface area contributed by atoms with Crippen LogP contribution in [0.1, 0.15) is 18.4 Å². The van der Waals surface area contributed by atoms with E-state index in [4.69, 9.17) is 5.73 Å². The van der Waals surface area contributed by atoms with E-state index in [1.165, 1.54) is 5.56 Å². The highest BCUT2D eigenvalue weighted by Crippen LogP contribution is 2.20. The van der Waals surface area contributed by atoms with Gasteiger partial charge < -0.3 is 10.6 Å². The molecule has 88 valence electrons. The number of halogens is 1. The van der Waals surface area contributed by atoms with Gasteiger partial charge in [-0.3, -0.25) is 0 Å². The molecule has 0 unspecified atom stereocenters. The second kappa shape index (κ2) is 6.71. The van der Waals surface area contributed by atoms with Crippen LogP contribution in [0.3, 0.4) is 0 Å². The van der Waals surface area contributed by atoms with Crippen LogP contribution in [0.5, 0.6) is 0 Å². The Kier molecular flexibility index (Phi) is 5.56. The molecule has 0 amide bonds. The fraction of sp³-hybridized carbons (Fsp3) is 0.385. The van der Waals surface area contributed by atoms with E-state index in [9.17, 15) is 0 Å². The van der Waals surface area contributed by atoms with Crippen LogP contribution in [-0.4, -0.2) is 18.5 Å². The lowest BCUT2D eigenvalue weighted by atomic mass is 10.2. The highest BCUT2D eigenvalue weighted by Gasteiger charge is 2.02. The third-order valence-corrected chi connectivity index (χ3v) is 3.18. The van der Waals surface area contributed by atoms with Crippen LogP contribution in [0, 0.1) is 0 Å². The summed E-state index contributed by atoms with van der Waals surface area (Å²) in [6, 6.07) is 6.13. The minimum Gasteiger partial charge on any atom is -0.398 e. The van der Waals surface area contributed by atoms with Gasteiger partial charge in [-0.05, 0) is 60.1 Å². The predicted molar refractivity (Wildman–Crippen MR) is 74.3 cm³/mol. The summed E-state index contributed by atoms with van der Waals surface area (Å²) >= 11 is 3.40. The van der Waals surface area contributed by atoms with Crippen molar-refractivity contribution in [1.82, 2.24) is 4.90 Å². The van der Waals surface area contributed by atoms with Crippen LogP contribution < -0.4 is 5.73 Å². The molecular weight excluding hydrogens is 264 g/mol. The first-order valence-corrected chi connectivity index (χ1v) is 6.26. The highest BCUT2D eigenvalue weighted by atomic mass is 79.9. The number of rotatable bonds is 6. The zero-order chi connectivity index (χ0) is 12.0. The van der Waals surface area contributed by atoms with Crippen LogP contribution in [0.4, 0.5) is 5.69 Å². The van der Waals surface area contributed by atoms with Crippen LogP contribution in [0.25, 0.3) is 0 Å². The van der Waals surface area contributed by atoms with Gasteiger partial charge in [0, 0.05) is 16.7 Å². The fourth-order valence-electron chi connectivity index (χ4n) is 1.59. The van der Waals surface area contributed by atoms with E-state index in [2.05, 4.69) is 40.5 Å². The van der Waals surface area contributed by atoms with Gasteiger partial charge in [0.2, 0.25) is 0 Å². The number of nitrogens with two attached hydrogens (primary N) is 1. The second-order valence-corrected chi connectivity index (χ2v) is 4.88. The summed E-state index contributed by atoms with van der Waals surface area (Å²) in [4.78, 5) is 2.30. The Balaban J connectivity index is 2.46. The lowest BCUT2D eigenvalue weighted by molar-refractivity contribution is 0.323. The minimum atomic E-state index is 0.803. The standard InChI is InChI=1S/C13H19BrN2/c1-3-4-5-8-16(2)10-11-6-7-12(14)13(15)9-11/h3,6-7,9H,1,4-5,8,10,15H2,2H3. The number of benzene rings is 1. The van der Waals surface area contributed by atoms with Gasteiger partial charge in [0.05, 0.1) is 0 Å². The highest BCUT2D eigenvalue weighted by molar-refractivity contribution is 9.10. The van der Waals surface area contributed by atoms with Crippen molar-refractivity contribution in [3.63, 3.8) is 0 Å². The molecule has 1 rings (SSSR count). The van der Waals surface area contributed by atoms with E-state index < -0.39 is 0 Å². The molecule has 0 fully saturated rings. The van der Waals surface area contributed by atoms with Crippen molar-refractivity contribution in [2.45, 2.75) is 19.4 Å². The van der Waals surface area contributed by atoms with Gasteiger partial charge >= 0.3 is 0 Å². The van der Waals surface area contributed by atoms with Crippen molar-refractivity contribution in [3.05, 3.63) is 40.9 Å². The van der Waals surface area contributed by atoms with Gasteiger partial charge in [-0.1, -0.05) is 12.1 Å². The van der Waals surface area contributed by atoms with E-state index in [1.54, 1.807) is 0 Å². The molecule has 0 aliphatic rings. The SMILES string of the molecule is C=CCCCN(C)Cc1ccc(Br)c(N)c1. The quantitative estimate of drug-likeness (QED) is 0.492. The summed E-state index contributed by atoms with van der Waals surface area (Å²) in [7, 11) is 2.13. The average molecular weight is 283 g/mol. The summed E-state index contributed by atoms with van der Waals surface area (Å²) in [5, 5.41) is 0. The number of hydrogen-bond donors (Lipinski definition) is 1. The van der Waals surface area contributed by atoms with Crippen LogP contribution in [-0.2, 0) is 6.54 Å². The number of allylic oxidation sites excluding steroid dienone is 1. The molecule has 0 aliphatic carbocycles. The monoisotopic (exact) mass is 282 g/mol. The van der Waals surface area contributed by atoms with E-state index in [0.29, 0.717) is 0 Å². The molecule has 2 N–H and O–H groups in total. The van der Waals surface area contributed by atoms with Gasteiger partial charge in [-0.2, -0.15) is 0 Å². The maximum atomic E-state index is 5.84. The van der Waals surface area contributed by atoms with E-state index >= 15 is 0 Å². The normalized spacial score (nSPS) is 10.7. The first kappa shape index (κ1) is 13.3. The molecule has 1 aromatic rings. The molecule has 1 aromatic carbocycles. The van der Waals surface area contributed by atoms with E-state index in [0.717, 1.165) is 36.1 Å². The average Bonchev–Trinajstić information content (AvgIpc) is 2.24.